The molecule has 4 rings (SSSR count). The summed E-state index contributed by atoms with van der Waals surface area (Å²) in [7, 11) is 3.35. The smallest absolute Gasteiger partial charge is 0.133 e. The summed E-state index contributed by atoms with van der Waals surface area (Å²) >= 11 is 2.31. The van der Waals surface area contributed by atoms with Crippen LogP contribution in [0.15, 0.2) is 42.5 Å². The zero-order valence-electron chi connectivity index (χ0n) is 14.0. The van der Waals surface area contributed by atoms with Gasteiger partial charge in [-0.3, -0.25) is 0 Å². The van der Waals surface area contributed by atoms with Crippen molar-refractivity contribution in [2.75, 3.05) is 26.1 Å². The SMILES string of the molecule is COc1ccc(OC)c(-c2nn(-c3ccc(I)cc3)c3c2CCN3)c1. The van der Waals surface area contributed by atoms with E-state index in [2.05, 4.69) is 52.2 Å². The quantitative estimate of drug-likeness (QED) is 0.612. The summed E-state index contributed by atoms with van der Waals surface area (Å²) < 4.78 is 14.1. The molecule has 1 aromatic heterocycles. The second kappa shape index (κ2) is 6.59. The number of benzene rings is 2. The summed E-state index contributed by atoms with van der Waals surface area (Å²) in [5, 5.41) is 8.37. The maximum atomic E-state index is 5.56. The van der Waals surface area contributed by atoms with Crippen LogP contribution in [-0.4, -0.2) is 30.5 Å². The molecule has 2 aromatic carbocycles. The molecule has 128 valence electrons. The van der Waals surface area contributed by atoms with Gasteiger partial charge < -0.3 is 14.8 Å². The fourth-order valence-corrected chi connectivity index (χ4v) is 3.52. The molecule has 0 radical (unpaired) electrons. The molecule has 25 heavy (non-hydrogen) atoms. The third-order valence-electron chi connectivity index (χ3n) is 4.38. The predicted octanol–water partition coefficient (Wildman–Crippen LogP) is 4.13. The summed E-state index contributed by atoms with van der Waals surface area (Å²) in [4.78, 5) is 0. The van der Waals surface area contributed by atoms with Crippen molar-refractivity contribution in [3.63, 3.8) is 0 Å². The van der Waals surface area contributed by atoms with Crippen LogP contribution in [-0.2, 0) is 6.42 Å². The third kappa shape index (κ3) is 2.84. The average molecular weight is 447 g/mol. The van der Waals surface area contributed by atoms with E-state index in [1.54, 1.807) is 14.2 Å². The number of rotatable bonds is 4. The van der Waals surface area contributed by atoms with Gasteiger partial charge in [0.05, 0.1) is 19.9 Å². The Morgan fingerprint density at radius 1 is 1.08 bits per heavy atom. The number of nitrogens with zero attached hydrogens (tertiary/aromatic N) is 2. The summed E-state index contributed by atoms with van der Waals surface area (Å²) in [5.41, 5.74) is 4.14. The number of hydrogen-bond acceptors (Lipinski definition) is 4. The van der Waals surface area contributed by atoms with Crippen LogP contribution in [0.25, 0.3) is 16.9 Å². The zero-order chi connectivity index (χ0) is 17.4. The zero-order valence-corrected chi connectivity index (χ0v) is 16.2. The number of ether oxygens (including phenoxy) is 2. The minimum absolute atomic E-state index is 0.791. The van der Waals surface area contributed by atoms with E-state index in [1.165, 1.54) is 9.13 Å². The Morgan fingerprint density at radius 2 is 1.88 bits per heavy atom. The Bertz CT molecular complexity index is 919. The highest BCUT2D eigenvalue weighted by molar-refractivity contribution is 14.1. The summed E-state index contributed by atoms with van der Waals surface area (Å²) in [6.45, 7) is 0.914. The van der Waals surface area contributed by atoms with Crippen LogP contribution in [0.4, 0.5) is 5.82 Å². The second-order valence-electron chi connectivity index (χ2n) is 5.81. The molecule has 0 spiro atoms. The van der Waals surface area contributed by atoms with Crippen LogP contribution in [0.5, 0.6) is 11.5 Å². The number of hydrogen-bond donors (Lipinski definition) is 1. The average Bonchev–Trinajstić information content (AvgIpc) is 3.24. The number of fused-ring (bicyclic) bond motifs is 1. The van der Waals surface area contributed by atoms with Gasteiger partial charge in [-0.25, -0.2) is 4.68 Å². The summed E-state index contributed by atoms with van der Waals surface area (Å²) in [5.74, 6) is 2.64. The molecule has 3 aromatic rings. The standard InChI is InChI=1S/C19H18IN3O2/c1-24-14-7-8-17(25-2)16(11-14)18-15-9-10-21-19(15)23(22-18)13-5-3-12(20)4-6-13/h3-8,11,21H,9-10H2,1-2H3. The van der Waals surface area contributed by atoms with Gasteiger partial charge in [0.2, 0.25) is 0 Å². The molecule has 0 amide bonds. The topological polar surface area (TPSA) is 48.3 Å². The van der Waals surface area contributed by atoms with Crippen LogP contribution in [0.3, 0.4) is 0 Å². The molecule has 0 aliphatic carbocycles. The fraction of sp³-hybridized carbons (Fsp3) is 0.211. The Labute approximate surface area is 160 Å². The van der Waals surface area contributed by atoms with Gasteiger partial charge in [-0.1, -0.05) is 0 Å². The highest BCUT2D eigenvalue weighted by atomic mass is 127. The molecule has 0 bridgehead atoms. The van der Waals surface area contributed by atoms with Crippen LogP contribution >= 0.6 is 22.6 Å². The molecule has 0 unspecified atom stereocenters. The van der Waals surface area contributed by atoms with Gasteiger partial charge in [-0.15, -0.1) is 0 Å². The van der Waals surface area contributed by atoms with E-state index in [-0.39, 0.29) is 0 Å². The lowest BCUT2D eigenvalue weighted by atomic mass is 10.1. The van der Waals surface area contributed by atoms with Crippen molar-refractivity contribution in [1.82, 2.24) is 9.78 Å². The van der Waals surface area contributed by atoms with Crippen molar-refractivity contribution in [3.8, 4) is 28.4 Å². The molecule has 1 N–H and O–H groups in total. The molecule has 1 aliphatic heterocycles. The normalized spacial score (nSPS) is 12.6. The van der Waals surface area contributed by atoms with Crippen LogP contribution in [0.1, 0.15) is 5.56 Å². The van der Waals surface area contributed by atoms with Gasteiger partial charge in [-0.2, -0.15) is 5.10 Å². The van der Waals surface area contributed by atoms with Gasteiger partial charge in [0, 0.05) is 21.2 Å². The minimum Gasteiger partial charge on any atom is -0.497 e. The van der Waals surface area contributed by atoms with E-state index >= 15 is 0 Å². The molecular formula is C19H18IN3O2. The first-order valence-electron chi connectivity index (χ1n) is 8.05. The Balaban J connectivity index is 1.90. The van der Waals surface area contributed by atoms with Crippen LogP contribution in [0, 0.1) is 3.57 Å². The molecule has 0 atom stereocenters. The number of halogens is 1. The number of methoxy groups -OCH3 is 2. The van der Waals surface area contributed by atoms with E-state index in [9.17, 15) is 0 Å². The monoisotopic (exact) mass is 447 g/mol. The highest BCUT2D eigenvalue weighted by Crippen LogP contribution is 2.40. The van der Waals surface area contributed by atoms with Crippen molar-refractivity contribution in [2.45, 2.75) is 6.42 Å². The molecule has 0 fully saturated rings. The first-order chi connectivity index (χ1) is 12.2. The number of anilines is 1. The van der Waals surface area contributed by atoms with Crippen LogP contribution < -0.4 is 14.8 Å². The van der Waals surface area contributed by atoms with Crippen molar-refractivity contribution in [1.29, 1.82) is 0 Å². The van der Waals surface area contributed by atoms with Crippen molar-refractivity contribution >= 4 is 28.4 Å². The lowest BCUT2D eigenvalue weighted by Crippen LogP contribution is -2.04. The van der Waals surface area contributed by atoms with Gasteiger partial charge in [0.1, 0.15) is 23.0 Å². The molecule has 0 saturated carbocycles. The third-order valence-corrected chi connectivity index (χ3v) is 5.10. The van der Waals surface area contributed by atoms with Crippen molar-refractivity contribution < 1.29 is 9.47 Å². The molecule has 0 saturated heterocycles. The Kier molecular flexibility index (Phi) is 4.29. The summed E-state index contributed by atoms with van der Waals surface area (Å²) in [6.07, 6.45) is 0.940. The first-order valence-corrected chi connectivity index (χ1v) is 9.13. The first kappa shape index (κ1) is 16.3. The van der Waals surface area contributed by atoms with Crippen molar-refractivity contribution in [2.24, 2.45) is 0 Å². The lowest BCUT2D eigenvalue weighted by molar-refractivity contribution is 0.404. The van der Waals surface area contributed by atoms with E-state index < -0.39 is 0 Å². The molecule has 2 heterocycles. The molecule has 5 nitrogen and oxygen atoms in total. The lowest BCUT2D eigenvalue weighted by Gasteiger charge is -2.10. The van der Waals surface area contributed by atoms with E-state index in [4.69, 9.17) is 14.6 Å². The van der Waals surface area contributed by atoms with E-state index in [1.807, 2.05) is 22.9 Å². The van der Waals surface area contributed by atoms with Gasteiger partial charge in [-0.05, 0) is 71.5 Å². The largest absolute Gasteiger partial charge is 0.497 e. The second-order valence-corrected chi connectivity index (χ2v) is 7.05. The number of nitrogens with one attached hydrogen (secondary N) is 1. The highest BCUT2D eigenvalue weighted by Gasteiger charge is 2.25. The van der Waals surface area contributed by atoms with Crippen molar-refractivity contribution in [3.05, 3.63) is 51.6 Å². The summed E-state index contributed by atoms with van der Waals surface area (Å²) in [6, 6.07) is 14.2. The predicted molar refractivity (Wildman–Crippen MR) is 107 cm³/mol. The van der Waals surface area contributed by atoms with E-state index in [0.29, 0.717) is 0 Å². The Morgan fingerprint density at radius 3 is 2.60 bits per heavy atom. The fourth-order valence-electron chi connectivity index (χ4n) is 3.16. The minimum atomic E-state index is 0.791. The van der Waals surface area contributed by atoms with E-state index in [0.717, 1.165) is 47.2 Å². The van der Waals surface area contributed by atoms with Crippen LogP contribution in [0.2, 0.25) is 0 Å². The molecular weight excluding hydrogens is 429 g/mol. The maximum absolute atomic E-state index is 5.56. The van der Waals surface area contributed by atoms with Gasteiger partial charge in [0.25, 0.3) is 0 Å². The molecule has 1 aliphatic rings. The van der Waals surface area contributed by atoms with Gasteiger partial charge in [0.15, 0.2) is 0 Å². The molecule has 6 heteroatoms. The van der Waals surface area contributed by atoms with Gasteiger partial charge >= 0.3 is 0 Å². The number of aromatic nitrogens is 2. The maximum Gasteiger partial charge on any atom is 0.133 e. The Hall–Kier alpha value is -2.22.